The van der Waals surface area contributed by atoms with Crippen molar-refractivity contribution in [1.82, 2.24) is 0 Å². The molecule has 10 heteroatoms. The summed E-state index contributed by atoms with van der Waals surface area (Å²) in [5.74, 6) is -0.817. The summed E-state index contributed by atoms with van der Waals surface area (Å²) in [4.78, 5) is 35.8. The number of carbonyl (C=O) groups excluding carboxylic acids is 2. The number of rotatable bonds is 57. The molecule has 0 rings (SSSR count). The van der Waals surface area contributed by atoms with Gasteiger partial charge in [0.1, 0.15) is 19.8 Å². The van der Waals surface area contributed by atoms with Crippen LogP contribution in [0.2, 0.25) is 0 Å². The van der Waals surface area contributed by atoms with Gasteiger partial charge in [0.05, 0.1) is 27.7 Å². The Balaban J connectivity index is 4.08. The SMILES string of the molecule is CC/C=C\C/C=C\C/C=C\C/C=C\C/C=C\CCCCCCCC(=O)OC(COC(=O)CCCCCCCCCCCCCCCCCCCCCC/C=C\C/C=C\C/C=C\C/C=C\CC)COP(=O)(O)OCC[N+](C)(C)C. The van der Waals surface area contributed by atoms with Gasteiger partial charge in [0, 0.05) is 12.8 Å². The molecular formula is C68H119NO8P+. The van der Waals surface area contributed by atoms with Crippen molar-refractivity contribution in [3.05, 3.63) is 109 Å². The molecule has 0 aromatic rings. The normalized spacial score (nSPS) is 14.0. The fourth-order valence-corrected chi connectivity index (χ4v) is 9.25. The zero-order chi connectivity index (χ0) is 57.0. The van der Waals surface area contributed by atoms with Crippen LogP contribution in [0.4, 0.5) is 0 Å². The number of unbranched alkanes of at least 4 members (excludes halogenated alkanes) is 25. The molecule has 9 nitrogen and oxygen atoms in total. The van der Waals surface area contributed by atoms with Crippen molar-refractivity contribution in [3.8, 4) is 0 Å². The van der Waals surface area contributed by atoms with Crippen LogP contribution in [0.25, 0.3) is 0 Å². The van der Waals surface area contributed by atoms with Crippen molar-refractivity contribution >= 4 is 19.8 Å². The number of nitrogens with zero attached hydrogens (tertiary/aromatic N) is 1. The minimum atomic E-state index is -4.40. The second-order valence-corrected chi connectivity index (χ2v) is 23.5. The van der Waals surface area contributed by atoms with Crippen molar-refractivity contribution in [2.24, 2.45) is 0 Å². The Hall–Kier alpha value is -3.33. The molecule has 0 radical (unpaired) electrons. The van der Waals surface area contributed by atoms with Gasteiger partial charge in [0.15, 0.2) is 6.10 Å². The molecule has 0 spiro atoms. The fraction of sp³-hybridized carbons (Fsp3) is 0.706. The number of carbonyl (C=O) groups is 2. The lowest BCUT2D eigenvalue weighted by Gasteiger charge is -2.24. The van der Waals surface area contributed by atoms with E-state index in [1.54, 1.807) is 0 Å². The number of hydrogen-bond donors (Lipinski definition) is 1. The molecule has 1 N–H and O–H groups in total. The summed E-state index contributed by atoms with van der Waals surface area (Å²) in [7, 11) is 1.46. The van der Waals surface area contributed by atoms with Gasteiger partial charge in [0.2, 0.25) is 0 Å². The van der Waals surface area contributed by atoms with E-state index in [0.717, 1.165) is 109 Å². The standard InChI is InChI=1S/C68H118NO8P/c1-6-8-10-12-14-16-18-20-22-24-26-28-29-30-31-32-33-34-35-36-37-38-39-41-42-44-46-48-50-52-54-56-58-60-67(70)74-64-66(65-76-78(72,73)75-63-62-69(3,4)5)77-68(71)61-59-57-55-53-51-49-47-45-43-40-27-25-23-21-19-17-15-13-11-9-7-2/h8-11,14-17,20-23,26-28,40,45,47,66H,6-7,12-13,18-19,24-25,29-39,41-44,46,48-65H2,1-5H3/p+1/b10-8-,11-9-,16-14-,17-15-,22-20-,23-21-,28-26-,40-27-,47-45-. The number of quaternary nitrogens is 1. The Labute approximate surface area is 480 Å². The van der Waals surface area contributed by atoms with E-state index in [2.05, 4.69) is 123 Å². The third-order valence-electron chi connectivity index (χ3n) is 13.3. The molecule has 2 unspecified atom stereocenters. The van der Waals surface area contributed by atoms with Crippen LogP contribution < -0.4 is 0 Å². The number of likely N-dealkylation sites (N-methyl/N-ethyl adjacent to an activating group) is 1. The molecule has 0 aromatic carbocycles. The Morgan fingerprint density at radius 3 is 1.03 bits per heavy atom. The number of phosphoric acid groups is 1. The zero-order valence-electron chi connectivity index (χ0n) is 50.9. The smallest absolute Gasteiger partial charge is 0.462 e. The van der Waals surface area contributed by atoms with E-state index in [4.69, 9.17) is 18.5 Å². The molecule has 0 bridgehead atoms. The van der Waals surface area contributed by atoms with Crippen molar-refractivity contribution in [3.63, 3.8) is 0 Å². The van der Waals surface area contributed by atoms with E-state index in [-0.39, 0.29) is 32.0 Å². The number of ether oxygens (including phenoxy) is 2. The maximum absolute atomic E-state index is 12.8. The van der Waals surface area contributed by atoms with Crippen LogP contribution in [0.3, 0.4) is 0 Å². The minimum absolute atomic E-state index is 0.0236. The number of allylic oxidation sites excluding steroid dienone is 18. The molecule has 78 heavy (non-hydrogen) atoms. The molecule has 0 aliphatic rings. The quantitative estimate of drug-likeness (QED) is 0.0211. The number of hydrogen-bond acceptors (Lipinski definition) is 7. The lowest BCUT2D eigenvalue weighted by molar-refractivity contribution is -0.870. The van der Waals surface area contributed by atoms with Gasteiger partial charge in [-0.3, -0.25) is 18.6 Å². The number of esters is 2. The highest BCUT2D eigenvalue weighted by Crippen LogP contribution is 2.43. The van der Waals surface area contributed by atoms with Crippen molar-refractivity contribution < 1.29 is 42.1 Å². The summed E-state index contributed by atoms with van der Waals surface area (Å²) in [6.45, 7) is 4.19. The fourth-order valence-electron chi connectivity index (χ4n) is 8.51. The van der Waals surface area contributed by atoms with Crippen LogP contribution >= 0.6 is 7.82 Å². The maximum Gasteiger partial charge on any atom is 0.472 e. The van der Waals surface area contributed by atoms with Gasteiger partial charge in [-0.2, -0.15) is 0 Å². The molecule has 0 heterocycles. The summed E-state index contributed by atoms with van der Waals surface area (Å²) < 4.78 is 34.6. The van der Waals surface area contributed by atoms with E-state index in [0.29, 0.717) is 17.4 Å². The monoisotopic (exact) mass is 1110 g/mol. The van der Waals surface area contributed by atoms with Crippen molar-refractivity contribution in [1.29, 1.82) is 0 Å². The summed E-state index contributed by atoms with van der Waals surface area (Å²) in [5, 5.41) is 0. The molecule has 0 aromatic heterocycles. The Morgan fingerprint density at radius 2 is 0.692 bits per heavy atom. The van der Waals surface area contributed by atoms with Crippen molar-refractivity contribution in [2.45, 2.75) is 264 Å². The van der Waals surface area contributed by atoms with Crippen LogP contribution in [0.5, 0.6) is 0 Å². The highest BCUT2D eigenvalue weighted by atomic mass is 31.2. The molecule has 0 aliphatic heterocycles. The predicted molar refractivity (Wildman–Crippen MR) is 335 cm³/mol. The molecule has 0 amide bonds. The average Bonchev–Trinajstić information content (AvgIpc) is 3.41. The van der Waals surface area contributed by atoms with Crippen LogP contribution in [-0.2, 0) is 32.7 Å². The largest absolute Gasteiger partial charge is 0.472 e. The first-order chi connectivity index (χ1) is 38.0. The summed E-state index contributed by atoms with van der Waals surface area (Å²) in [6, 6.07) is 0. The van der Waals surface area contributed by atoms with Crippen LogP contribution in [0.1, 0.15) is 258 Å². The van der Waals surface area contributed by atoms with Gasteiger partial charge in [-0.05, 0) is 96.3 Å². The summed E-state index contributed by atoms with van der Waals surface area (Å²) >= 11 is 0. The number of phosphoric ester groups is 1. The van der Waals surface area contributed by atoms with Crippen LogP contribution in [-0.4, -0.2) is 74.9 Å². The lowest BCUT2D eigenvalue weighted by atomic mass is 10.0. The third kappa shape index (κ3) is 61.9. The topological polar surface area (TPSA) is 108 Å². The Morgan fingerprint density at radius 1 is 0.397 bits per heavy atom. The minimum Gasteiger partial charge on any atom is -0.462 e. The Bertz CT molecular complexity index is 1680. The molecule has 0 saturated carbocycles. The first-order valence-electron chi connectivity index (χ1n) is 31.6. The molecule has 448 valence electrons. The second kappa shape index (κ2) is 58.3. The molecule has 0 fully saturated rings. The van der Waals surface area contributed by atoms with E-state index >= 15 is 0 Å². The van der Waals surface area contributed by atoms with Gasteiger partial charge in [-0.1, -0.05) is 258 Å². The molecule has 0 saturated heterocycles. The molecular weight excluding hydrogens is 990 g/mol. The van der Waals surface area contributed by atoms with E-state index in [9.17, 15) is 19.0 Å². The first kappa shape index (κ1) is 74.7. The highest BCUT2D eigenvalue weighted by molar-refractivity contribution is 7.47. The van der Waals surface area contributed by atoms with Gasteiger partial charge in [-0.25, -0.2) is 4.57 Å². The summed E-state index contributed by atoms with van der Waals surface area (Å²) in [6.07, 6.45) is 81.8. The predicted octanol–water partition coefficient (Wildman–Crippen LogP) is 20.2. The first-order valence-corrected chi connectivity index (χ1v) is 33.1. The van der Waals surface area contributed by atoms with Crippen LogP contribution in [0, 0.1) is 0 Å². The van der Waals surface area contributed by atoms with Gasteiger partial charge in [0.25, 0.3) is 0 Å². The zero-order valence-corrected chi connectivity index (χ0v) is 51.8. The Kier molecular flexibility index (Phi) is 55.8. The second-order valence-electron chi connectivity index (χ2n) is 22.0. The van der Waals surface area contributed by atoms with E-state index < -0.39 is 26.5 Å². The average molecular weight is 1110 g/mol. The highest BCUT2D eigenvalue weighted by Gasteiger charge is 2.27. The summed E-state index contributed by atoms with van der Waals surface area (Å²) in [5.41, 5.74) is 0. The van der Waals surface area contributed by atoms with Gasteiger partial charge >= 0.3 is 19.8 Å². The van der Waals surface area contributed by atoms with Crippen LogP contribution in [0.15, 0.2) is 109 Å². The maximum atomic E-state index is 12.8. The lowest BCUT2D eigenvalue weighted by Crippen LogP contribution is -2.37. The molecule has 2 atom stereocenters. The van der Waals surface area contributed by atoms with E-state index in [1.165, 1.54) is 116 Å². The third-order valence-corrected chi connectivity index (χ3v) is 14.3. The van der Waals surface area contributed by atoms with Crippen molar-refractivity contribution in [2.75, 3.05) is 47.5 Å². The van der Waals surface area contributed by atoms with Gasteiger partial charge < -0.3 is 18.9 Å². The van der Waals surface area contributed by atoms with Gasteiger partial charge in [-0.15, -0.1) is 0 Å². The van der Waals surface area contributed by atoms with E-state index in [1.807, 2.05) is 21.1 Å². The molecule has 0 aliphatic carbocycles.